The van der Waals surface area contributed by atoms with E-state index in [0.717, 1.165) is 55.2 Å². The summed E-state index contributed by atoms with van der Waals surface area (Å²) in [4.78, 5) is 10.8. The van der Waals surface area contributed by atoms with Crippen LogP contribution in [0.1, 0.15) is 5.56 Å². The van der Waals surface area contributed by atoms with Crippen LogP contribution in [-0.4, -0.2) is 14.5 Å². The van der Waals surface area contributed by atoms with E-state index in [2.05, 4.69) is 186 Å². The van der Waals surface area contributed by atoms with Gasteiger partial charge in [0, 0.05) is 39.0 Å². The van der Waals surface area contributed by atoms with Gasteiger partial charge in [0.05, 0.1) is 22.2 Å². The van der Waals surface area contributed by atoms with E-state index < -0.39 is 0 Å². The molecular formula is C52H34N4. The topological polar surface area (TPSA) is 42.7 Å². The molecule has 0 amide bonds. The molecule has 0 spiro atoms. The summed E-state index contributed by atoms with van der Waals surface area (Å²) in [6, 6.07) is 66.7. The van der Waals surface area contributed by atoms with E-state index >= 15 is 0 Å². The first kappa shape index (κ1) is 31.9. The van der Waals surface area contributed by atoms with Crippen molar-refractivity contribution in [1.82, 2.24) is 14.5 Å². The molecule has 0 saturated carbocycles. The highest BCUT2D eigenvalue weighted by atomic mass is 15.2. The number of rotatable bonds is 6. The van der Waals surface area contributed by atoms with Gasteiger partial charge in [0.1, 0.15) is 0 Å². The zero-order valence-electron chi connectivity index (χ0n) is 30.4. The Morgan fingerprint density at radius 1 is 0.464 bits per heavy atom. The molecular weight excluding hydrogens is 681 g/mol. The van der Waals surface area contributed by atoms with Gasteiger partial charge in [-0.15, -0.1) is 0 Å². The summed E-state index contributed by atoms with van der Waals surface area (Å²) in [5.74, 6) is 0.640. The van der Waals surface area contributed by atoms with Crippen molar-refractivity contribution in [3.8, 4) is 28.3 Å². The molecule has 0 bridgehead atoms. The summed E-state index contributed by atoms with van der Waals surface area (Å²) in [5.41, 5.74) is 9.50. The van der Waals surface area contributed by atoms with E-state index in [9.17, 15) is 0 Å². The van der Waals surface area contributed by atoms with Gasteiger partial charge in [-0.3, -0.25) is 4.57 Å². The Balaban J connectivity index is 1.16. The normalized spacial score (nSPS) is 11.9. The quantitative estimate of drug-likeness (QED) is 0.174. The summed E-state index contributed by atoms with van der Waals surface area (Å²) in [6.07, 6.45) is 4.12. The highest BCUT2D eigenvalue weighted by Gasteiger charge is 2.22. The number of hydrogen-bond acceptors (Lipinski definition) is 3. The standard InChI is InChI=1S/C52H34N4/c1-2-15-38(16-3-1)53-32-31-34-25-30-46-48(33-34)56(51-44-21-9-7-19-42(44)41-18-6-8-20-43(41)49(46)51)52-54-47-24-11-10-22-45(47)50(55-52)37-28-26-36(27-29-37)40-23-12-14-35-13-4-5-17-39(35)40/h1-33,53H/b32-31-. The molecule has 1 N–H and O–H groups in total. The Morgan fingerprint density at radius 2 is 1.11 bits per heavy atom. The second kappa shape index (κ2) is 13.1. The van der Waals surface area contributed by atoms with Crippen molar-refractivity contribution in [2.75, 3.05) is 5.32 Å². The van der Waals surface area contributed by atoms with E-state index in [0.29, 0.717) is 5.95 Å². The molecule has 0 fully saturated rings. The van der Waals surface area contributed by atoms with Crippen molar-refractivity contribution in [2.45, 2.75) is 0 Å². The lowest BCUT2D eigenvalue weighted by Crippen LogP contribution is -2.04. The highest BCUT2D eigenvalue weighted by molar-refractivity contribution is 6.32. The van der Waals surface area contributed by atoms with Gasteiger partial charge in [0.15, 0.2) is 0 Å². The predicted molar refractivity (Wildman–Crippen MR) is 236 cm³/mol. The number of aromatic nitrogens is 3. The largest absolute Gasteiger partial charge is 0.362 e. The van der Waals surface area contributed by atoms with Crippen molar-refractivity contribution < 1.29 is 0 Å². The van der Waals surface area contributed by atoms with E-state index in [-0.39, 0.29) is 0 Å². The third-order valence-corrected chi connectivity index (χ3v) is 11.0. The van der Waals surface area contributed by atoms with E-state index in [4.69, 9.17) is 9.97 Å². The molecule has 2 heterocycles. The predicted octanol–water partition coefficient (Wildman–Crippen LogP) is 13.6. The average Bonchev–Trinajstić information content (AvgIpc) is 3.61. The lowest BCUT2D eigenvalue weighted by Gasteiger charge is -2.14. The van der Waals surface area contributed by atoms with Gasteiger partial charge in [0.2, 0.25) is 5.95 Å². The number of nitrogens with one attached hydrogen (secondary N) is 1. The maximum Gasteiger partial charge on any atom is 0.235 e. The van der Waals surface area contributed by atoms with E-state index in [1.54, 1.807) is 0 Å². The average molecular weight is 715 g/mol. The van der Waals surface area contributed by atoms with E-state index in [1.165, 1.54) is 43.4 Å². The fourth-order valence-corrected chi connectivity index (χ4v) is 8.44. The smallest absolute Gasteiger partial charge is 0.235 e. The van der Waals surface area contributed by atoms with Crippen LogP contribution < -0.4 is 5.32 Å². The van der Waals surface area contributed by atoms with Gasteiger partial charge in [0.25, 0.3) is 0 Å². The maximum absolute atomic E-state index is 5.51. The van der Waals surface area contributed by atoms with Crippen LogP contribution in [0.5, 0.6) is 0 Å². The van der Waals surface area contributed by atoms with Crippen LogP contribution in [-0.2, 0) is 0 Å². The zero-order chi connectivity index (χ0) is 37.0. The summed E-state index contributed by atoms with van der Waals surface area (Å²) in [7, 11) is 0. The molecule has 0 aliphatic rings. The minimum Gasteiger partial charge on any atom is -0.362 e. The first-order valence-corrected chi connectivity index (χ1v) is 19.0. The summed E-state index contributed by atoms with van der Waals surface area (Å²) in [6.45, 7) is 0. The first-order valence-electron chi connectivity index (χ1n) is 19.0. The minimum atomic E-state index is 0.640. The van der Waals surface area contributed by atoms with Crippen molar-refractivity contribution in [2.24, 2.45) is 0 Å². The van der Waals surface area contributed by atoms with Gasteiger partial charge in [-0.25, -0.2) is 9.97 Å². The summed E-state index contributed by atoms with van der Waals surface area (Å²) in [5, 5.41) is 14.1. The lowest BCUT2D eigenvalue weighted by molar-refractivity contribution is 1.02. The van der Waals surface area contributed by atoms with Crippen molar-refractivity contribution >= 4 is 76.8 Å². The molecule has 0 saturated heterocycles. The Kier molecular flexibility index (Phi) is 7.46. The maximum atomic E-state index is 5.51. The third kappa shape index (κ3) is 5.23. The molecule has 11 aromatic rings. The van der Waals surface area contributed by atoms with Crippen LogP contribution in [0.2, 0.25) is 0 Å². The Labute approximate surface area is 323 Å². The number of hydrogen-bond donors (Lipinski definition) is 1. The van der Waals surface area contributed by atoms with Crippen LogP contribution in [0.4, 0.5) is 5.69 Å². The number of benzene rings is 9. The van der Waals surface area contributed by atoms with Crippen molar-refractivity contribution in [3.63, 3.8) is 0 Å². The van der Waals surface area contributed by atoms with E-state index in [1.807, 2.05) is 24.4 Å². The molecule has 0 aliphatic heterocycles. The van der Waals surface area contributed by atoms with Crippen LogP contribution in [0, 0.1) is 0 Å². The fraction of sp³-hybridized carbons (Fsp3) is 0. The van der Waals surface area contributed by atoms with Crippen LogP contribution >= 0.6 is 0 Å². The van der Waals surface area contributed by atoms with Gasteiger partial charge in [-0.1, -0.05) is 164 Å². The lowest BCUT2D eigenvalue weighted by atomic mass is 9.96. The molecule has 0 aliphatic carbocycles. The molecule has 0 unspecified atom stereocenters. The monoisotopic (exact) mass is 714 g/mol. The van der Waals surface area contributed by atoms with Gasteiger partial charge in [-0.2, -0.15) is 0 Å². The summed E-state index contributed by atoms with van der Waals surface area (Å²) < 4.78 is 2.29. The molecule has 4 nitrogen and oxygen atoms in total. The Hall–Kier alpha value is -7.56. The number of para-hydroxylation sites is 2. The number of nitrogens with zero attached hydrogens (tertiary/aromatic N) is 3. The van der Waals surface area contributed by atoms with Gasteiger partial charge < -0.3 is 5.32 Å². The molecule has 9 aromatic carbocycles. The Morgan fingerprint density at radius 3 is 1.93 bits per heavy atom. The molecule has 262 valence electrons. The fourth-order valence-electron chi connectivity index (χ4n) is 8.44. The van der Waals surface area contributed by atoms with Crippen molar-refractivity contribution in [3.05, 3.63) is 200 Å². The van der Waals surface area contributed by atoms with Crippen LogP contribution in [0.3, 0.4) is 0 Å². The zero-order valence-corrected chi connectivity index (χ0v) is 30.4. The third-order valence-electron chi connectivity index (χ3n) is 11.0. The highest BCUT2D eigenvalue weighted by Crippen LogP contribution is 2.43. The van der Waals surface area contributed by atoms with Gasteiger partial charge >= 0.3 is 0 Å². The summed E-state index contributed by atoms with van der Waals surface area (Å²) >= 11 is 0. The SMILES string of the molecule is C(=C/c1ccc2c3c4ccccc4c4ccccc4c3n(-c3nc(-c4ccc(-c5cccc6ccccc56)cc4)c4ccccc4n3)c2c1)/Nc1ccccc1. The number of anilines is 1. The molecule has 56 heavy (non-hydrogen) atoms. The molecule has 0 atom stereocenters. The van der Waals surface area contributed by atoms with Crippen LogP contribution in [0.15, 0.2) is 194 Å². The molecule has 2 aromatic heterocycles. The molecule has 11 rings (SSSR count). The minimum absolute atomic E-state index is 0.640. The first-order chi connectivity index (χ1) is 27.8. The van der Waals surface area contributed by atoms with Crippen molar-refractivity contribution in [1.29, 1.82) is 0 Å². The van der Waals surface area contributed by atoms with Crippen LogP contribution in [0.25, 0.3) is 99.4 Å². The number of fused-ring (bicyclic) bond motifs is 10. The second-order valence-corrected chi connectivity index (χ2v) is 14.3. The molecule has 0 radical (unpaired) electrons. The Bertz CT molecular complexity index is 3320. The van der Waals surface area contributed by atoms with Gasteiger partial charge in [-0.05, 0) is 74.0 Å². The molecule has 4 heteroatoms. The second-order valence-electron chi connectivity index (χ2n) is 14.3.